The van der Waals surface area contributed by atoms with E-state index in [1.807, 2.05) is 5.43 Å². The zero-order valence-electron chi connectivity index (χ0n) is 12.7. The molecule has 2 aromatic rings. The molecule has 25 heavy (non-hydrogen) atoms. The molecule has 2 N–H and O–H groups in total. The van der Waals surface area contributed by atoms with Crippen molar-refractivity contribution in [3.8, 4) is 5.75 Å². The van der Waals surface area contributed by atoms with Gasteiger partial charge >= 0.3 is 6.18 Å². The maximum absolute atomic E-state index is 13.7. The van der Waals surface area contributed by atoms with Crippen LogP contribution in [0.5, 0.6) is 5.75 Å². The quantitative estimate of drug-likeness (QED) is 0.441. The minimum Gasteiger partial charge on any atom is -0.506 e. The number of rotatable bonds is 3. The molecule has 4 nitrogen and oxygen atoms in total. The van der Waals surface area contributed by atoms with Gasteiger partial charge in [-0.25, -0.2) is 9.82 Å². The van der Waals surface area contributed by atoms with Crippen LogP contribution in [-0.4, -0.2) is 17.2 Å². The lowest BCUT2D eigenvalue weighted by Crippen LogP contribution is -2.19. The maximum atomic E-state index is 13.7. The molecule has 0 aliphatic rings. The zero-order chi connectivity index (χ0) is 18.8. The van der Waals surface area contributed by atoms with Gasteiger partial charge in [0.25, 0.3) is 5.91 Å². The molecule has 0 aliphatic heterocycles. The highest BCUT2D eigenvalue weighted by atomic mass is 79.9. The average molecular weight is 419 g/mol. The normalized spacial score (nSPS) is 11.8. The fourth-order valence-corrected chi connectivity index (χ4v) is 2.55. The van der Waals surface area contributed by atoms with Crippen LogP contribution in [0.4, 0.5) is 17.6 Å². The first-order chi connectivity index (χ1) is 11.6. The van der Waals surface area contributed by atoms with Gasteiger partial charge in [-0.2, -0.15) is 18.3 Å². The number of alkyl halides is 3. The molecule has 0 saturated carbocycles. The summed E-state index contributed by atoms with van der Waals surface area (Å²) in [6, 6.07) is 4.83. The van der Waals surface area contributed by atoms with Crippen molar-refractivity contribution in [1.29, 1.82) is 0 Å². The van der Waals surface area contributed by atoms with Crippen LogP contribution in [0.3, 0.4) is 0 Å². The SMILES string of the molecule is Cc1cc(Br)c(O)c(/C=N/NC(=O)c2ccc(C(F)(F)F)cc2F)c1. The predicted octanol–water partition coefficient (Wildman–Crippen LogP) is 4.38. The van der Waals surface area contributed by atoms with Gasteiger partial charge in [0, 0.05) is 5.56 Å². The molecule has 0 bridgehead atoms. The Kier molecular flexibility index (Phi) is 5.46. The third kappa shape index (κ3) is 4.56. The third-order valence-corrected chi connectivity index (χ3v) is 3.75. The molecule has 0 saturated heterocycles. The van der Waals surface area contributed by atoms with Gasteiger partial charge < -0.3 is 5.11 Å². The number of nitrogens with one attached hydrogen (secondary N) is 1. The second-order valence-electron chi connectivity index (χ2n) is 5.08. The Morgan fingerprint density at radius 3 is 2.56 bits per heavy atom. The molecule has 9 heteroatoms. The fourth-order valence-electron chi connectivity index (χ4n) is 1.96. The van der Waals surface area contributed by atoms with Gasteiger partial charge in [0.05, 0.1) is 21.8 Å². The van der Waals surface area contributed by atoms with Gasteiger partial charge in [-0.1, -0.05) is 0 Å². The van der Waals surface area contributed by atoms with Gasteiger partial charge in [-0.3, -0.25) is 4.79 Å². The predicted molar refractivity (Wildman–Crippen MR) is 87.0 cm³/mol. The van der Waals surface area contributed by atoms with Crippen LogP contribution in [0.25, 0.3) is 0 Å². The topological polar surface area (TPSA) is 61.7 Å². The largest absolute Gasteiger partial charge is 0.506 e. The number of hydrazone groups is 1. The average Bonchev–Trinajstić information content (AvgIpc) is 2.50. The number of nitrogens with zero attached hydrogens (tertiary/aromatic N) is 1. The highest BCUT2D eigenvalue weighted by Crippen LogP contribution is 2.30. The number of phenolic OH excluding ortho intramolecular Hbond substituents is 1. The Morgan fingerprint density at radius 1 is 1.28 bits per heavy atom. The van der Waals surface area contributed by atoms with Gasteiger partial charge in [-0.15, -0.1) is 0 Å². The Balaban J connectivity index is 2.16. The molecule has 2 aromatic carbocycles. The number of phenols is 1. The van der Waals surface area contributed by atoms with E-state index in [0.29, 0.717) is 16.1 Å². The maximum Gasteiger partial charge on any atom is 0.416 e. The number of hydrogen-bond acceptors (Lipinski definition) is 3. The summed E-state index contributed by atoms with van der Waals surface area (Å²) >= 11 is 3.15. The number of aryl methyl sites for hydroxylation is 1. The van der Waals surface area contributed by atoms with Crippen molar-refractivity contribution in [2.75, 3.05) is 0 Å². The van der Waals surface area contributed by atoms with Crippen molar-refractivity contribution in [2.24, 2.45) is 5.10 Å². The minimum absolute atomic E-state index is 0.107. The molecule has 0 radical (unpaired) electrons. The molecule has 1 amide bonds. The van der Waals surface area contributed by atoms with E-state index < -0.39 is 29.0 Å². The molecule has 2 rings (SSSR count). The van der Waals surface area contributed by atoms with Crippen molar-refractivity contribution >= 4 is 28.1 Å². The second-order valence-corrected chi connectivity index (χ2v) is 5.93. The Bertz CT molecular complexity index is 851. The van der Waals surface area contributed by atoms with Crippen molar-refractivity contribution in [3.63, 3.8) is 0 Å². The summed E-state index contributed by atoms with van der Waals surface area (Å²) in [6.45, 7) is 1.78. The number of amides is 1. The molecule has 0 aliphatic carbocycles. The van der Waals surface area contributed by atoms with E-state index in [4.69, 9.17) is 0 Å². The van der Waals surface area contributed by atoms with Crippen molar-refractivity contribution < 1.29 is 27.5 Å². The number of halogens is 5. The number of carbonyl (C=O) groups excluding carboxylic acids is 1. The van der Waals surface area contributed by atoms with Crippen molar-refractivity contribution in [2.45, 2.75) is 13.1 Å². The van der Waals surface area contributed by atoms with Crippen LogP contribution < -0.4 is 5.43 Å². The summed E-state index contributed by atoms with van der Waals surface area (Å²) < 4.78 is 51.5. The van der Waals surface area contributed by atoms with E-state index in [1.165, 1.54) is 0 Å². The minimum atomic E-state index is -4.70. The Morgan fingerprint density at radius 2 is 1.96 bits per heavy atom. The van der Waals surface area contributed by atoms with E-state index in [9.17, 15) is 27.5 Å². The van der Waals surface area contributed by atoms with E-state index in [-0.39, 0.29) is 11.8 Å². The smallest absolute Gasteiger partial charge is 0.416 e. The van der Waals surface area contributed by atoms with Gasteiger partial charge in [0.2, 0.25) is 0 Å². The van der Waals surface area contributed by atoms with Crippen LogP contribution in [0, 0.1) is 12.7 Å². The summed E-state index contributed by atoms with van der Waals surface area (Å²) in [5.41, 5.74) is 1.32. The lowest BCUT2D eigenvalue weighted by molar-refractivity contribution is -0.137. The van der Waals surface area contributed by atoms with Crippen molar-refractivity contribution in [1.82, 2.24) is 5.43 Å². The lowest BCUT2D eigenvalue weighted by Gasteiger charge is -2.08. The zero-order valence-corrected chi connectivity index (χ0v) is 14.2. The van der Waals surface area contributed by atoms with E-state index in [0.717, 1.165) is 17.8 Å². The molecule has 0 fully saturated rings. The van der Waals surface area contributed by atoms with Gasteiger partial charge in [0.15, 0.2) is 0 Å². The number of hydrogen-bond donors (Lipinski definition) is 2. The summed E-state index contributed by atoms with van der Waals surface area (Å²) in [5, 5.41) is 13.4. The van der Waals surface area contributed by atoms with E-state index in [1.54, 1.807) is 19.1 Å². The standard InChI is InChI=1S/C16H11BrF4N2O2/c1-8-4-9(14(24)12(17)5-8)7-22-23-15(25)11-3-2-10(6-13(11)18)16(19,20)21/h2-7,24H,1H3,(H,23,25)/b22-7+. The molecular weight excluding hydrogens is 408 g/mol. The molecule has 0 spiro atoms. The number of aromatic hydroxyl groups is 1. The summed E-state index contributed by atoms with van der Waals surface area (Å²) in [4.78, 5) is 11.8. The van der Waals surface area contributed by atoms with Crippen LogP contribution in [0.15, 0.2) is 39.9 Å². The van der Waals surface area contributed by atoms with Crippen LogP contribution >= 0.6 is 15.9 Å². The third-order valence-electron chi connectivity index (χ3n) is 3.15. The number of benzene rings is 2. The Labute approximate surface area is 148 Å². The summed E-state index contributed by atoms with van der Waals surface area (Å²) in [5.74, 6) is -2.44. The van der Waals surface area contributed by atoms with Gasteiger partial charge in [-0.05, 0) is 58.7 Å². The van der Waals surface area contributed by atoms with E-state index in [2.05, 4.69) is 21.0 Å². The number of carbonyl (C=O) groups is 1. The first-order valence-corrected chi connectivity index (χ1v) is 7.58. The van der Waals surface area contributed by atoms with Gasteiger partial charge in [0.1, 0.15) is 11.6 Å². The summed E-state index contributed by atoms with van der Waals surface area (Å²) in [7, 11) is 0. The lowest BCUT2D eigenvalue weighted by atomic mass is 10.1. The summed E-state index contributed by atoms with van der Waals surface area (Å²) in [6.07, 6.45) is -3.57. The molecule has 0 aromatic heterocycles. The molecule has 0 unspecified atom stereocenters. The van der Waals surface area contributed by atoms with Crippen LogP contribution in [0.2, 0.25) is 0 Å². The fraction of sp³-hybridized carbons (Fsp3) is 0.125. The van der Waals surface area contributed by atoms with Crippen LogP contribution in [0.1, 0.15) is 27.0 Å². The highest BCUT2D eigenvalue weighted by Gasteiger charge is 2.31. The highest BCUT2D eigenvalue weighted by molar-refractivity contribution is 9.10. The van der Waals surface area contributed by atoms with Crippen molar-refractivity contribution in [3.05, 3.63) is 62.9 Å². The first-order valence-electron chi connectivity index (χ1n) is 6.79. The molecule has 132 valence electrons. The Hall–Kier alpha value is -2.42. The first kappa shape index (κ1) is 18.9. The molecule has 0 heterocycles. The van der Waals surface area contributed by atoms with Crippen LogP contribution in [-0.2, 0) is 6.18 Å². The molecule has 0 atom stereocenters. The molecular formula is C16H11BrF4N2O2. The van der Waals surface area contributed by atoms with E-state index >= 15 is 0 Å². The monoisotopic (exact) mass is 418 g/mol. The second kappa shape index (κ2) is 7.22.